The van der Waals surface area contributed by atoms with E-state index in [2.05, 4.69) is 21.5 Å². The van der Waals surface area contributed by atoms with Crippen LogP contribution < -0.4 is 26.2 Å². The lowest BCUT2D eigenvalue weighted by Gasteiger charge is -2.10. The van der Waals surface area contributed by atoms with Crippen molar-refractivity contribution in [1.82, 2.24) is 21.5 Å². The predicted molar refractivity (Wildman–Crippen MR) is 132 cm³/mol. The first-order chi connectivity index (χ1) is 15.9. The Labute approximate surface area is 204 Å². The number of benzene rings is 2. The van der Waals surface area contributed by atoms with E-state index in [9.17, 15) is 14.4 Å². The Morgan fingerprint density at radius 2 is 1.76 bits per heavy atom. The molecule has 11 heteroatoms. The summed E-state index contributed by atoms with van der Waals surface area (Å²) in [5, 5.41) is 6.15. The van der Waals surface area contributed by atoms with E-state index in [1.807, 2.05) is 30.3 Å². The fourth-order valence-corrected chi connectivity index (χ4v) is 4.40. The zero-order valence-electron chi connectivity index (χ0n) is 17.6. The number of thiophene rings is 1. The van der Waals surface area contributed by atoms with Gasteiger partial charge in [0.1, 0.15) is 10.6 Å². The first-order valence-electron chi connectivity index (χ1n) is 9.84. The molecule has 0 saturated heterocycles. The van der Waals surface area contributed by atoms with Gasteiger partial charge in [0.05, 0.1) is 12.1 Å². The largest absolute Gasteiger partial charge is 0.497 e. The molecule has 4 N–H and O–H groups in total. The first-order valence-corrected chi connectivity index (χ1v) is 11.4. The number of rotatable bonds is 7. The maximum atomic E-state index is 12.5. The van der Waals surface area contributed by atoms with Gasteiger partial charge >= 0.3 is 0 Å². The zero-order chi connectivity index (χ0) is 23.8. The van der Waals surface area contributed by atoms with E-state index in [4.69, 9.17) is 28.6 Å². The zero-order valence-corrected chi connectivity index (χ0v) is 20.0. The third kappa shape index (κ3) is 6.88. The van der Waals surface area contributed by atoms with Crippen LogP contribution in [0.15, 0.2) is 48.5 Å². The van der Waals surface area contributed by atoms with Crippen molar-refractivity contribution >= 4 is 68.1 Å². The topological polar surface area (TPSA) is 109 Å². The molecule has 1 aromatic heterocycles. The number of ether oxygens (including phenoxy) is 1. The smallest absolute Gasteiger partial charge is 0.269 e. The summed E-state index contributed by atoms with van der Waals surface area (Å²) in [6.07, 6.45) is -0.0333. The molecular weight excluding hydrogens is 484 g/mol. The maximum Gasteiger partial charge on any atom is 0.269 e. The lowest BCUT2D eigenvalue weighted by molar-refractivity contribution is -0.126. The summed E-state index contributed by atoms with van der Waals surface area (Å²) in [5.41, 5.74) is 5.77. The Bertz CT molecular complexity index is 1180. The van der Waals surface area contributed by atoms with Gasteiger partial charge in [0, 0.05) is 29.5 Å². The minimum atomic E-state index is -0.507. The minimum absolute atomic E-state index is 0.0142. The molecule has 0 fully saturated rings. The van der Waals surface area contributed by atoms with E-state index < -0.39 is 11.8 Å². The van der Waals surface area contributed by atoms with Gasteiger partial charge in [0.25, 0.3) is 5.91 Å². The minimum Gasteiger partial charge on any atom is -0.497 e. The molecule has 0 radical (unpaired) electrons. The van der Waals surface area contributed by atoms with E-state index >= 15 is 0 Å². The van der Waals surface area contributed by atoms with E-state index in [0.29, 0.717) is 17.3 Å². The van der Waals surface area contributed by atoms with Gasteiger partial charge in [-0.05, 0) is 36.0 Å². The molecule has 0 spiro atoms. The van der Waals surface area contributed by atoms with Crippen LogP contribution in [-0.4, -0.2) is 29.9 Å². The average molecular weight is 505 g/mol. The molecule has 0 atom stereocenters. The van der Waals surface area contributed by atoms with Gasteiger partial charge in [-0.2, -0.15) is 0 Å². The Morgan fingerprint density at radius 1 is 1.03 bits per heavy atom. The second-order valence-corrected chi connectivity index (χ2v) is 8.66. The molecule has 3 rings (SSSR count). The van der Waals surface area contributed by atoms with Crippen molar-refractivity contribution in [3.05, 3.63) is 64.0 Å². The molecule has 0 bridgehead atoms. The van der Waals surface area contributed by atoms with Crippen molar-refractivity contribution in [2.24, 2.45) is 0 Å². The van der Waals surface area contributed by atoms with Crippen molar-refractivity contribution in [3.63, 3.8) is 0 Å². The van der Waals surface area contributed by atoms with Gasteiger partial charge in [0.2, 0.25) is 11.8 Å². The SMILES string of the molecule is COc1ccc2c(Cl)c(C(=O)NC(=S)NNC(=O)CCC(=O)NCc3ccccc3)sc2c1. The lowest BCUT2D eigenvalue weighted by atomic mass is 10.2. The van der Waals surface area contributed by atoms with Crippen LogP contribution >= 0.6 is 35.2 Å². The number of carbonyl (C=O) groups is 3. The van der Waals surface area contributed by atoms with Gasteiger partial charge in [-0.15, -0.1) is 11.3 Å². The molecule has 0 saturated carbocycles. The van der Waals surface area contributed by atoms with Crippen molar-refractivity contribution < 1.29 is 19.1 Å². The standard InChI is InChI=1S/C22H21ClN4O4S2/c1-31-14-7-8-15-16(11-14)33-20(19(15)23)21(30)25-22(32)27-26-18(29)10-9-17(28)24-12-13-5-3-2-4-6-13/h2-8,11H,9-10,12H2,1H3,(H,24,28)(H,26,29)(H2,25,27,30,32). The highest BCUT2D eigenvalue weighted by atomic mass is 35.5. The molecule has 172 valence electrons. The van der Waals surface area contributed by atoms with Crippen LogP contribution in [0.5, 0.6) is 5.75 Å². The van der Waals surface area contributed by atoms with Crippen LogP contribution in [0.25, 0.3) is 10.1 Å². The van der Waals surface area contributed by atoms with Gasteiger partial charge in [-0.25, -0.2) is 0 Å². The van der Waals surface area contributed by atoms with Gasteiger partial charge in [-0.1, -0.05) is 41.9 Å². The molecule has 3 aromatic rings. The normalized spacial score (nSPS) is 10.4. The number of methoxy groups -OCH3 is 1. The van der Waals surface area contributed by atoms with Gasteiger partial charge < -0.3 is 10.1 Å². The number of nitrogens with one attached hydrogen (secondary N) is 4. The average Bonchev–Trinajstić information content (AvgIpc) is 3.16. The summed E-state index contributed by atoms with van der Waals surface area (Å²) in [5.74, 6) is -0.553. The molecule has 0 aliphatic rings. The third-order valence-electron chi connectivity index (χ3n) is 4.50. The van der Waals surface area contributed by atoms with Gasteiger partial charge in [0.15, 0.2) is 5.11 Å². The Hall–Kier alpha value is -3.21. The number of hydrazine groups is 1. The van der Waals surface area contributed by atoms with E-state index in [-0.39, 0.29) is 28.7 Å². The Kier molecular flexibility index (Phi) is 8.58. The number of halogens is 1. The van der Waals surface area contributed by atoms with Crippen LogP contribution in [0.3, 0.4) is 0 Å². The molecule has 8 nitrogen and oxygen atoms in total. The number of hydrogen-bond donors (Lipinski definition) is 4. The molecule has 1 heterocycles. The molecule has 3 amide bonds. The molecule has 0 unspecified atom stereocenters. The van der Waals surface area contributed by atoms with Crippen molar-refractivity contribution in [1.29, 1.82) is 0 Å². The third-order valence-corrected chi connectivity index (χ3v) is 6.36. The van der Waals surface area contributed by atoms with Crippen molar-refractivity contribution in [2.45, 2.75) is 19.4 Å². The highest BCUT2D eigenvalue weighted by Crippen LogP contribution is 2.37. The fraction of sp³-hybridized carbons (Fsp3) is 0.182. The molecule has 0 aliphatic heterocycles. The van der Waals surface area contributed by atoms with Crippen LogP contribution in [0.1, 0.15) is 28.1 Å². The van der Waals surface area contributed by atoms with Crippen LogP contribution in [-0.2, 0) is 16.1 Å². The van der Waals surface area contributed by atoms with Crippen LogP contribution in [0.4, 0.5) is 0 Å². The molecule has 2 aromatic carbocycles. The summed E-state index contributed by atoms with van der Waals surface area (Å²) in [6, 6.07) is 14.8. The predicted octanol–water partition coefficient (Wildman–Crippen LogP) is 3.30. The molecular formula is C22H21ClN4O4S2. The first kappa shape index (κ1) is 24.4. The van der Waals surface area contributed by atoms with E-state index in [0.717, 1.165) is 15.6 Å². The van der Waals surface area contributed by atoms with Gasteiger partial charge in [-0.3, -0.25) is 30.6 Å². The van der Waals surface area contributed by atoms with Crippen LogP contribution in [0, 0.1) is 0 Å². The molecule has 33 heavy (non-hydrogen) atoms. The van der Waals surface area contributed by atoms with Crippen LogP contribution in [0.2, 0.25) is 5.02 Å². The van der Waals surface area contributed by atoms with Crippen molar-refractivity contribution in [2.75, 3.05) is 7.11 Å². The van der Waals surface area contributed by atoms with Crippen molar-refractivity contribution in [3.8, 4) is 5.75 Å². The lowest BCUT2D eigenvalue weighted by Crippen LogP contribution is -2.48. The second-order valence-electron chi connectivity index (χ2n) is 6.83. The highest BCUT2D eigenvalue weighted by Gasteiger charge is 2.18. The number of thiocarbonyl (C=S) groups is 1. The van der Waals surface area contributed by atoms with E-state index in [1.165, 1.54) is 11.3 Å². The Balaban J connectivity index is 1.42. The summed E-state index contributed by atoms with van der Waals surface area (Å²) in [7, 11) is 1.56. The number of amides is 3. The highest BCUT2D eigenvalue weighted by molar-refractivity contribution is 7.80. The fourth-order valence-electron chi connectivity index (χ4n) is 2.81. The maximum absolute atomic E-state index is 12.5. The summed E-state index contributed by atoms with van der Waals surface area (Å²) in [4.78, 5) is 36.7. The molecule has 0 aliphatic carbocycles. The quantitative estimate of drug-likeness (QED) is 0.290. The van der Waals surface area contributed by atoms with E-state index in [1.54, 1.807) is 25.3 Å². The summed E-state index contributed by atoms with van der Waals surface area (Å²) >= 11 is 12.6. The summed E-state index contributed by atoms with van der Waals surface area (Å²) in [6.45, 7) is 0.392. The monoisotopic (exact) mass is 504 g/mol. The second kappa shape index (κ2) is 11.6. The number of carbonyl (C=O) groups excluding carboxylic acids is 3. The number of fused-ring (bicyclic) bond motifs is 1. The Morgan fingerprint density at radius 3 is 2.48 bits per heavy atom. The summed E-state index contributed by atoms with van der Waals surface area (Å²) < 4.78 is 5.98. The number of hydrogen-bond acceptors (Lipinski definition) is 6.